The summed E-state index contributed by atoms with van der Waals surface area (Å²) in [7, 11) is -7.02. The summed E-state index contributed by atoms with van der Waals surface area (Å²) in [5.41, 5.74) is 1.72. The Morgan fingerprint density at radius 1 is 0.840 bits per heavy atom. The molecule has 6 nitrogen and oxygen atoms in total. The third-order valence-corrected chi connectivity index (χ3v) is 6.59. The summed E-state index contributed by atoms with van der Waals surface area (Å²) < 4.78 is 53.2. The Labute approximate surface area is 149 Å². The van der Waals surface area contributed by atoms with Crippen molar-refractivity contribution in [1.82, 2.24) is 9.44 Å². The van der Waals surface area contributed by atoms with Crippen LogP contribution in [0.3, 0.4) is 0 Å². The van der Waals surface area contributed by atoms with Crippen molar-refractivity contribution in [3.8, 4) is 0 Å². The summed E-state index contributed by atoms with van der Waals surface area (Å²) in [6.07, 6.45) is 0.465. The third kappa shape index (κ3) is 5.37. The predicted molar refractivity (Wildman–Crippen MR) is 97.4 cm³/mol. The average Bonchev–Trinajstić information content (AvgIpc) is 2.55. The first kappa shape index (κ1) is 19.6. The van der Waals surface area contributed by atoms with Crippen LogP contribution in [0.15, 0.2) is 58.3 Å². The van der Waals surface area contributed by atoms with E-state index in [-0.39, 0.29) is 16.3 Å². The number of hydrogen-bond donors (Lipinski definition) is 2. The molecular formula is C17H22N2O4S2. The first-order chi connectivity index (χ1) is 11.7. The van der Waals surface area contributed by atoms with Crippen molar-refractivity contribution in [2.45, 2.75) is 30.1 Å². The van der Waals surface area contributed by atoms with Crippen molar-refractivity contribution < 1.29 is 16.8 Å². The van der Waals surface area contributed by atoms with Crippen molar-refractivity contribution in [2.24, 2.45) is 0 Å². The van der Waals surface area contributed by atoms with Gasteiger partial charge in [0.25, 0.3) is 0 Å². The Bertz CT molecular complexity index is 921. The fraction of sp³-hybridized carbons (Fsp3) is 0.294. The molecule has 0 aliphatic carbocycles. The van der Waals surface area contributed by atoms with Crippen molar-refractivity contribution >= 4 is 20.0 Å². The molecule has 0 radical (unpaired) electrons. The van der Waals surface area contributed by atoms with Crippen LogP contribution in [0.25, 0.3) is 0 Å². The van der Waals surface area contributed by atoms with Crippen LogP contribution in [0.1, 0.15) is 18.1 Å². The monoisotopic (exact) mass is 382 g/mol. The topological polar surface area (TPSA) is 92.3 Å². The lowest BCUT2D eigenvalue weighted by molar-refractivity contribution is 0.581. The lowest BCUT2D eigenvalue weighted by Gasteiger charge is -2.08. The van der Waals surface area contributed by atoms with Gasteiger partial charge in [-0.15, -0.1) is 0 Å². The standard InChI is InChI=1S/C17H22N2O4S2/c1-3-18-24(20,21)16-9-7-15(8-10-16)11-12-19-25(22,23)17-6-4-5-14(2)13-17/h4-10,13,18-19H,3,11-12H2,1-2H3. The molecule has 2 rings (SSSR count). The van der Waals surface area contributed by atoms with E-state index in [2.05, 4.69) is 9.44 Å². The van der Waals surface area contributed by atoms with Gasteiger partial charge in [-0.2, -0.15) is 0 Å². The Balaban J connectivity index is 1.98. The largest absolute Gasteiger partial charge is 0.240 e. The number of rotatable bonds is 8. The van der Waals surface area contributed by atoms with Gasteiger partial charge in [-0.25, -0.2) is 26.3 Å². The van der Waals surface area contributed by atoms with Gasteiger partial charge in [0.05, 0.1) is 9.79 Å². The van der Waals surface area contributed by atoms with Crippen molar-refractivity contribution in [2.75, 3.05) is 13.1 Å². The first-order valence-electron chi connectivity index (χ1n) is 7.89. The van der Waals surface area contributed by atoms with Crippen LogP contribution in [0, 0.1) is 6.92 Å². The summed E-state index contributed by atoms with van der Waals surface area (Å²) in [4.78, 5) is 0.429. The predicted octanol–water partition coefficient (Wildman–Crippen LogP) is 1.81. The molecule has 0 unspecified atom stereocenters. The Kier molecular flexibility index (Phi) is 6.34. The molecule has 0 spiro atoms. The molecule has 2 N–H and O–H groups in total. The van der Waals surface area contributed by atoms with Crippen LogP contribution in [0.2, 0.25) is 0 Å². The minimum Gasteiger partial charge on any atom is -0.211 e. The zero-order valence-electron chi connectivity index (χ0n) is 14.2. The van der Waals surface area contributed by atoms with Crippen LogP contribution >= 0.6 is 0 Å². The van der Waals surface area contributed by atoms with Crippen LogP contribution in [-0.2, 0) is 26.5 Å². The maximum absolute atomic E-state index is 12.2. The highest BCUT2D eigenvalue weighted by atomic mass is 32.2. The van der Waals surface area contributed by atoms with Crippen LogP contribution in [0.4, 0.5) is 0 Å². The van der Waals surface area contributed by atoms with Crippen LogP contribution in [0.5, 0.6) is 0 Å². The fourth-order valence-corrected chi connectivity index (χ4v) is 4.48. The lowest BCUT2D eigenvalue weighted by Crippen LogP contribution is -2.26. The highest BCUT2D eigenvalue weighted by Gasteiger charge is 2.14. The van der Waals surface area contributed by atoms with Gasteiger partial charge in [0.15, 0.2) is 0 Å². The van der Waals surface area contributed by atoms with E-state index >= 15 is 0 Å². The van der Waals surface area contributed by atoms with E-state index in [1.807, 2.05) is 13.0 Å². The number of aryl methyl sites for hydroxylation is 1. The van der Waals surface area contributed by atoms with Crippen molar-refractivity contribution in [3.05, 3.63) is 59.7 Å². The number of benzene rings is 2. The molecule has 0 atom stereocenters. The van der Waals surface area contributed by atoms with Crippen LogP contribution < -0.4 is 9.44 Å². The molecule has 0 aromatic heterocycles. The van der Waals surface area contributed by atoms with Gasteiger partial charge in [-0.3, -0.25) is 0 Å². The summed E-state index contributed by atoms with van der Waals surface area (Å²) >= 11 is 0. The van der Waals surface area contributed by atoms with E-state index in [9.17, 15) is 16.8 Å². The number of hydrogen-bond acceptors (Lipinski definition) is 4. The molecule has 0 amide bonds. The Morgan fingerprint density at radius 2 is 1.48 bits per heavy atom. The molecule has 0 aliphatic heterocycles. The fourth-order valence-electron chi connectivity index (χ4n) is 2.30. The maximum Gasteiger partial charge on any atom is 0.240 e. The van der Waals surface area contributed by atoms with E-state index in [1.165, 1.54) is 12.1 Å². The maximum atomic E-state index is 12.2. The summed E-state index contributed by atoms with van der Waals surface area (Å²) in [6.45, 7) is 4.11. The highest BCUT2D eigenvalue weighted by Crippen LogP contribution is 2.12. The molecule has 0 aliphatic rings. The lowest BCUT2D eigenvalue weighted by atomic mass is 10.2. The molecule has 0 fully saturated rings. The zero-order valence-corrected chi connectivity index (χ0v) is 15.8. The van der Waals surface area contributed by atoms with Gasteiger partial charge >= 0.3 is 0 Å². The molecule has 0 heterocycles. The average molecular weight is 383 g/mol. The normalized spacial score (nSPS) is 12.2. The molecule has 0 bridgehead atoms. The van der Waals surface area contributed by atoms with E-state index < -0.39 is 20.0 Å². The van der Waals surface area contributed by atoms with E-state index in [4.69, 9.17) is 0 Å². The van der Waals surface area contributed by atoms with Crippen molar-refractivity contribution in [3.63, 3.8) is 0 Å². The minimum atomic E-state index is -3.55. The molecule has 8 heteroatoms. The quantitative estimate of drug-likeness (QED) is 0.728. The molecule has 25 heavy (non-hydrogen) atoms. The second-order valence-electron chi connectivity index (χ2n) is 5.61. The van der Waals surface area contributed by atoms with Gasteiger partial charge in [-0.05, 0) is 48.7 Å². The number of nitrogens with one attached hydrogen (secondary N) is 2. The van der Waals surface area contributed by atoms with Crippen LogP contribution in [-0.4, -0.2) is 29.9 Å². The summed E-state index contributed by atoms with van der Waals surface area (Å²) in [5.74, 6) is 0. The summed E-state index contributed by atoms with van der Waals surface area (Å²) in [5, 5.41) is 0. The smallest absolute Gasteiger partial charge is 0.211 e. The molecular weight excluding hydrogens is 360 g/mol. The van der Waals surface area contributed by atoms with E-state index in [1.54, 1.807) is 37.3 Å². The molecule has 2 aromatic carbocycles. The second kappa shape index (κ2) is 8.09. The van der Waals surface area contributed by atoms with Gasteiger partial charge < -0.3 is 0 Å². The van der Waals surface area contributed by atoms with E-state index in [0.717, 1.165) is 11.1 Å². The highest BCUT2D eigenvalue weighted by molar-refractivity contribution is 7.89. The molecule has 0 saturated heterocycles. The van der Waals surface area contributed by atoms with E-state index in [0.29, 0.717) is 13.0 Å². The SMILES string of the molecule is CCNS(=O)(=O)c1ccc(CCNS(=O)(=O)c2cccc(C)c2)cc1. The van der Waals surface area contributed by atoms with Crippen molar-refractivity contribution in [1.29, 1.82) is 0 Å². The molecule has 136 valence electrons. The van der Waals surface area contributed by atoms with Gasteiger partial charge in [0.1, 0.15) is 0 Å². The minimum absolute atomic E-state index is 0.193. The van der Waals surface area contributed by atoms with Gasteiger partial charge in [0, 0.05) is 13.1 Å². The first-order valence-corrected chi connectivity index (χ1v) is 10.9. The molecule has 2 aromatic rings. The zero-order chi connectivity index (χ0) is 18.5. The Hall–Kier alpha value is -1.74. The van der Waals surface area contributed by atoms with Gasteiger partial charge in [-0.1, -0.05) is 31.2 Å². The Morgan fingerprint density at radius 3 is 2.08 bits per heavy atom. The second-order valence-corrected chi connectivity index (χ2v) is 9.14. The summed E-state index contributed by atoms with van der Waals surface area (Å²) in [6, 6.07) is 13.1. The van der Waals surface area contributed by atoms with Gasteiger partial charge in [0.2, 0.25) is 20.0 Å². The third-order valence-electron chi connectivity index (χ3n) is 3.57. The number of sulfonamides is 2. The molecule has 0 saturated carbocycles.